The standard InChI is InChI=1S/C26H35NO4/c1-19-11-12-20(2)24(16-19)30-15-7-13-26(3,4)25(28)27-21-8-5-9-22(17-21)31-18-23-10-6-14-29-23/h5,8-9,11-12,16-17,23H,6-7,10,13-15,18H2,1-4H3,(H,27,28). The third-order valence-corrected chi connectivity index (χ3v) is 5.71. The first-order chi connectivity index (χ1) is 14.8. The number of nitrogens with one attached hydrogen (secondary N) is 1. The van der Waals surface area contributed by atoms with Crippen molar-refractivity contribution in [3.05, 3.63) is 53.6 Å². The average Bonchev–Trinajstić information content (AvgIpc) is 3.26. The van der Waals surface area contributed by atoms with Gasteiger partial charge in [-0.25, -0.2) is 0 Å². The fraction of sp³-hybridized carbons (Fsp3) is 0.500. The van der Waals surface area contributed by atoms with Crippen LogP contribution in [0.4, 0.5) is 5.69 Å². The van der Waals surface area contributed by atoms with E-state index in [1.807, 2.05) is 45.0 Å². The largest absolute Gasteiger partial charge is 0.493 e. The number of hydrogen-bond donors (Lipinski definition) is 1. The number of hydrogen-bond acceptors (Lipinski definition) is 4. The van der Waals surface area contributed by atoms with E-state index in [9.17, 15) is 4.79 Å². The van der Waals surface area contributed by atoms with Crippen molar-refractivity contribution in [3.63, 3.8) is 0 Å². The Bertz CT molecular complexity index is 871. The molecule has 5 heteroatoms. The molecule has 0 aromatic heterocycles. The highest BCUT2D eigenvalue weighted by atomic mass is 16.5. The van der Waals surface area contributed by atoms with Gasteiger partial charge in [0.05, 0.1) is 12.7 Å². The topological polar surface area (TPSA) is 56.8 Å². The zero-order valence-corrected chi connectivity index (χ0v) is 19.2. The summed E-state index contributed by atoms with van der Waals surface area (Å²) >= 11 is 0. The predicted octanol–water partition coefficient (Wildman–Crippen LogP) is 5.69. The first-order valence-electron chi connectivity index (χ1n) is 11.2. The number of ether oxygens (including phenoxy) is 3. The lowest BCUT2D eigenvalue weighted by molar-refractivity contribution is -0.124. The highest BCUT2D eigenvalue weighted by Crippen LogP contribution is 2.27. The molecule has 1 N–H and O–H groups in total. The van der Waals surface area contributed by atoms with E-state index in [-0.39, 0.29) is 12.0 Å². The molecule has 1 heterocycles. The Morgan fingerprint density at radius 1 is 1.16 bits per heavy atom. The van der Waals surface area contributed by atoms with Crippen LogP contribution in [0.1, 0.15) is 50.7 Å². The number of amides is 1. The molecule has 1 unspecified atom stereocenters. The minimum absolute atomic E-state index is 0.00416. The molecule has 1 aliphatic heterocycles. The summed E-state index contributed by atoms with van der Waals surface area (Å²) in [6.07, 6.45) is 3.84. The maximum atomic E-state index is 12.9. The number of rotatable bonds is 10. The third-order valence-electron chi connectivity index (χ3n) is 5.71. The first-order valence-corrected chi connectivity index (χ1v) is 11.2. The van der Waals surface area contributed by atoms with Gasteiger partial charge in [-0.2, -0.15) is 0 Å². The van der Waals surface area contributed by atoms with Crippen LogP contribution < -0.4 is 14.8 Å². The van der Waals surface area contributed by atoms with Crippen molar-refractivity contribution in [2.24, 2.45) is 5.41 Å². The van der Waals surface area contributed by atoms with E-state index < -0.39 is 5.41 Å². The number of aryl methyl sites for hydroxylation is 2. The molecule has 1 atom stereocenters. The molecule has 1 aliphatic rings. The van der Waals surface area contributed by atoms with Gasteiger partial charge in [-0.15, -0.1) is 0 Å². The normalized spacial score (nSPS) is 16.2. The van der Waals surface area contributed by atoms with Crippen LogP contribution in [0.25, 0.3) is 0 Å². The van der Waals surface area contributed by atoms with Crippen molar-refractivity contribution < 1.29 is 19.0 Å². The molecular formula is C26H35NO4. The Labute approximate surface area is 186 Å². The lowest BCUT2D eigenvalue weighted by Crippen LogP contribution is -2.31. The number of carbonyl (C=O) groups excluding carboxylic acids is 1. The fourth-order valence-corrected chi connectivity index (χ4v) is 3.60. The van der Waals surface area contributed by atoms with Gasteiger partial charge in [0.25, 0.3) is 0 Å². The van der Waals surface area contributed by atoms with Crippen LogP contribution >= 0.6 is 0 Å². The Morgan fingerprint density at radius 2 is 2.00 bits per heavy atom. The first kappa shape index (κ1) is 23.1. The molecule has 31 heavy (non-hydrogen) atoms. The zero-order chi connectivity index (χ0) is 22.3. The predicted molar refractivity (Wildman–Crippen MR) is 124 cm³/mol. The maximum Gasteiger partial charge on any atom is 0.230 e. The van der Waals surface area contributed by atoms with E-state index in [0.29, 0.717) is 13.2 Å². The van der Waals surface area contributed by atoms with Crippen LogP contribution in [0.3, 0.4) is 0 Å². The lowest BCUT2D eigenvalue weighted by Gasteiger charge is -2.24. The summed E-state index contributed by atoms with van der Waals surface area (Å²) in [6, 6.07) is 13.8. The van der Waals surface area contributed by atoms with Gasteiger partial charge >= 0.3 is 0 Å². The second kappa shape index (κ2) is 10.7. The van der Waals surface area contributed by atoms with Gasteiger partial charge in [0.1, 0.15) is 18.1 Å². The Hall–Kier alpha value is -2.53. The van der Waals surface area contributed by atoms with Crippen LogP contribution in [0, 0.1) is 19.3 Å². The van der Waals surface area contributed by atoms with Gasteiger partial charge in [0.15, 0.2) is 0 Å². The Morgan fingerprint density at radius 3 is 2.77 bits per heavy atom. The van der Waals surface area contributed by atoms with Crippen molar-refractivity contribution in [1.29, 1.82) is 0 Å². The molecule has 0 aliphatic carbocycles. The van der Waals surface area contributed by atoms with Gasteiger partial charge in [0.2, 0.25) is 5.91 Å². The molecule has 5 nitrogen and oxygen atoms in total. The number of benzene rings is 2. The summed E-state index contributed by atoms with van der Waals surface area (Å²) < 4.78 is 17.4. The van der Waals surface area contributed by atoms with Crippen LogP contribution in [-0.4, -0.2) is 31.8 Å². The zero-order valence-electron chi connectivity index (χ0n) is 19.2. The summed E-state index contributed by atoms with van der Waals surface area (Å²) in [6.45, 7) is 9.99. The minimum Gasteiger partial charge on any atom is -0.493 e. The van der Waals surface area contributed by atoms with E-state index in [2.05, 4.69) is 30.4 Å². The van der Waals surface area contributed by atoms with Crippen LogP contribution in [0.2, 0.25) is 0 Å². The molecule has 0 spiro atoms. The highest BCUT2D eigenvalue weighted by molar-refractivity contribution is 5.94. The van der Waals surface area contributed by atoms with Crippen LogP contribution in [-0.2, 0) is 9.53 Å². The number of carbonyl (C=O) groups is 1. The molecule has 1 saturated heterocycles. The lowest BCUT2D eigenvalue weighted by atomic mass is 9.87. The molecule has 2 aromatic rings. The highest BCUT2D eigenvalue weighted by Gasteiger charge is 2.27. The van der Waals surface area contributed by atoms with E-state index in [0.717, 1.165) is 55.0 Å². The SMILES string of the molecule is Cc1ccc(C)c(OCCCC(C)(C)C(=O)Nc2cccc(OCC3CCCO3)c2)c1. The third kappa shape index (κ3) is 7.00. The molecule has 168 valence electrons. The summed E-state index contributed by atoms with van der Waals surface area (Å²) in [5.41, 5.74) is 2.56. The summed E-state index contributed by atoms with van der Waals surface area (Å²) in [5.74, 6) is 1.66. The van der Waals surface area contributed by atoms with Crippen molar-refractivity contribution in [1.82, 2.24) is 0 Å². The van der Waals surface area contributed by atoms with Gasteiger partial charge < -0.3 is 19.5 Å². The second-order valence-electron chi connectivity index (χ2n) is 9.03. The molecule has 1 fully saturated rings. The molecule has 0 saturated carbocycles. The molecule has 0 radical (unpaired) electrons. The van der Waals surface area contributed by atoms with E-state index in [1.165, 1.54) is 5.56 Å². The molecule has 2 aromatic carbocycles. The van der Waals surface area contributed by atoms with E-state index in [1.54, 1.807) is 0 Å². The van der Waals surface area contributed by atoms with Gasteiger partial charge in [-0.1, -0.05) is 32.0 Å². The quantitative estimate of drug-likeness (QED) is 0.497. The molecular weight excluding hydrogens is 390 g/mol. The van der Waals surface area contributed by atoms with Gasteiger partial charge in [-0.05, 0) is 68.9 Å². The second-order valence-corrected chi connectivity index (χ2v) is 9.03. The average molecular weight is 426 g/mol. The summed E-state index contributed by atoms with van der Waals surface area (Å²) in [7, 11) is 0. The van der Waals surface area contributed by atoms with E-state index in [4.69, 9.17) is 14.2 Å². The van der Waals surface area contributed by atoms with Crippen molar-refractivity contribution in [2.75, 3.05) is 25.1 Å². The van der Waals surface area contributed by atoms with Crippen molar-refractivity contribution in [3.8, 4) is 11.5 Å². The monoisotopic (exact) mass is 425 g/mol. The smallest absolute Gasteiger partial charge is 0.230 e. The van der Waals surface area contributed by atoms with Crippen LogP contribution in [0.15, 0.2) is 42.5 Å². The maximum absolute atomic E-state index is 12.9. The Balaban J connectivity index is 1.46. The molecule has 0 bridgehead atoms. The summed E-state index contributed by atoms with van der Waals surface area (Å²) in [5, 5.41) is 3.03. The minimum atomic E-state index is -0.500. The number of anilines is 1. The Kier molecular flexibility index (Phi) is 7.97. The molecule has 1 amide bonds. The summed E-state index contributed by atoms with van der Waals surface area (Å²) in [4.78, 5) is 12.9. The van der Waals surface area contributed by atoms with Gasteiger partial charge in [0, 0.05) is 23.8 Å². The van der Waals surface area contributed by atoms with Crippen molar-refractivity contribution >= 4 is 11.6 Å². The van der Waals surface area contributed by atoms with Crippen LogP contribution in [0.5, 0.6) is 11.5 Å². The molecule has 3 rings (SSSR count). The van der Waals surface area contributed by atoms with Gasteiger partial charge in [-0.3, -0.25) is 4.79 Å². The van der Waals surface area contributed by atoms with E-state index >= 15 is 0 Å². The van der Waals surface area contributed by atoms with Crippen molar-refractivity contribution in [2.45, 2.75) is 59.5 Å². The fourth-order valence-electron chi connectivity index (χ4n) is 3.60.